The van der Waals surface area contributed by atoms with E-state index in [-0.39, 0.29) is 17.7 Å². The molecule has 7 nitrogen and oxygen atoms in total. The second kappa shape index (κ2) is 7.65. The minimum absolute atomic E-state index is 0.0813. The molecule has 3 rings (SSSR count). The maximum atomic E-state index is 13.0. The van der Waals surface area contributed by atoms with E-state index in [0.717, 1.165) is 18.4 Å². The van der Waals surface area contributed by atoms with Gasteiger partial charge in [0.1, 0.15) is 6.04 Å². The summed E-state index contributed by atoms with van der Waals surface area (Å²) in [4.78, 5) is 38.0. The third-order valence-corrected chi connectivity index (χ3v) is 4.71. The van der Waals surface area contributed by atoms with Crippen molar-refractivity contribution < 1.29 is 19.1 Å². The summed E-state index contributed by atoms with van der Waals surface area (Å²) in [6, 6.07) is 8.39. The largest absolute Gasteiger partial charge is 0.364 e. The minimum Gasteiger partial charge on any atom is -0.364 e. The predicted molar refractivity (Wildman–Crippen MR) is 90.6 cm³/mol. The molecule has 3 atom stereocenters. The summed E-state index contributed by atoms with van der Waals surface area (Å²) in [5.74, 6) is -0.488. The molecule has 0 radical (unpaired) electrons. The summed E-state index contributed by atoms with van der Waals surface area (Å²) >= 11 is 0. The smallest absolute Gasteiger partial charge is 0.322 e. The Morgan fingerprint density at radius 2 is 2.08 bits per heavy atom. The van der Waals surface area contributed by atoms with E-state index in [1.807, 2.05) is 37.3 Å². The Hall–Kier alpha value is -2.41. The van der Waals surface area contributed by atoms with E-state index >= 15 is 0 Å². The lowest BCUT2D eigenvalue weighted by molar-refractivity contribution is -0.146. The second-order valence-electron chi connectivity index (χ2n) is 6.37. The van der Waals surface area contributed by atoms with E-state index in [2.05, 4.69) is 10.6 Å². The Labute approximate surface area is 146 Å². The lowest BCUT2D eigenvalue weighted by Gasteiger charge is -2.36. The van der Waals surface area contributed by atoms with Gasteiger partial charge in [0, 0.05) is 25.6 Å². The molecule has 0 spiro atoms. The molecule has 0 bridgehead atoms. The first-order valence-electron chi connectivity index (χ1n) is 8.67. The first-order chi connectivity index (χ1) is 12.1. The van der Waals surface area contributed by atoms with E-state index in [4.69, 9.17) is 4.74 Å². The maximum absolute atomic E-state index is 13.0. The van der Waals surface area contributed by atoms with Crippen LogP contribution in [0.1, 0.15) is 31.4 Å². The van der Waals surface area contributed by atoms with Crippen LogP contribution in [0.5, 0.6) is 0 Å². The molecule has 2 saturated heterocycles. The highest BCUT2D eigenvalue weighted by molar-refractivity contribution is 6.04. The average Bonchev–Trinajstić information content (AvgIpc) is 2.98. The number of hydrogen-bond donors (Lipinski definition) is 2. The van der Waals surface area contributed by atoms with Gasteiger partial charge in [0.15, 0.2) is 6.10 Å². The molecule has 1 aromatic rings. The van der Waals surface area contributed by atoms with Gasteiger partial charge in [-0.1, -0.05) is 30.3 Å². The van der Waals surface area contributed by atoms with Crippen LogP contribution >= 0.6 is 0 Å². The Balaban J connectivity index is 1.72. The molecule has 1 aromatic carbocycles. The molecule has 0 unspecified atom stereocenters. The van der Waals surface area contributed by atoms with Gasteiger partial charge in [0.25, 0.3) is 11.8 Å². The van der Waals surface area contributed by atoms with E-state index in [9.17, 15) is 14.4 Å². The van der Waals surface area contributed by atoms with E-state index in [1.165, 1.54) is 0 Å². The predicted octanol–water partition coefficient (Wildman–Crippen LogP) is 1.21. The maximum Gasteiger partial charge on any atom is 0.322 e. The second-order valence-corrected chi connectivity index (χ2v) is 6.37. The van der Waals surface area contributed by atoms with Crippen molar-refractivity contribution in [2.45, 2.75) is 31.9 Å². The van der Waals surface area contributed by atoms with Crippen LogP contribution in [0.2, 0.25) is 0 Å². The number of nitrogens with zero attached hydrogens (tertiary/aromatic N) is 1. The highest BCUT2D eigenvalue weighted by Crippen LogP contribution is 2.26. The number of hydrogen-bond acceptors (Lipinski definition) is 4. The molecule has 0 aliphatic carbocycles. The van der Waals surface area contributed by atoms with Crippen molar-refractivity contribution in [3.8, 4) is 0 Å². The molecule has 0 saturated carbocycles. The van der Waals surface area contributed by atoms with Crippen LogP contribution in [0.25, 0.3) is 0 Å². The molecule has 4 amide bonds. The number of amides is 4. The molecular formula is C18H23N3O4. The Bertz CT molecular complexity index is 649. The van der Waals surface area contributed by atoms with Crippen LogP contribution in [0.3, 0.4) is 0 Å². The number of piperidine rings is 1. The van der Waals surface area contributed by atoms with Crippen LogP contribution in [0.4, 0.5) is 4.79 Å². The molecule has 2 aliphatic heterocycles. The highest BCUT2D eigenvalue weighted by atomic mass is 16.5. The number of carbonyl (C=O) groups is 3. The zero-order valence-corrected chi connectivity index (χ0v) is 14.2. The summed E-state index contributed by atoms with van der Waals surface area (Å²) in [5.41, 5.74) is 0.823. The van der Waals surface area contributed by atoms with Crippen molar-refractivity contribution in [2.75, 3.05) is 19.7 Å². The number of ether oxygens (including phenoxy) is 1. The van der Waals surface area contributed by atoms with Crippen molar-refractivity contribution in [1.29, 1.82) is 0 Å². The lowest BCUT2D eigenvalue weighted by atomic mass is 9.90. The third-order valence-electron chi connectivity index (χ3n) is 4.71. The molecule has 7 heteroatoms. The number of imide groups is 1. The zero-order valence-electron chi connectivity index (χ0n) is 14.2. The van der Waals surface area contributed by atoms with Crippen LogP contribution in [-0.2, 0) is 14.3 Å². The Kier molecular flexibility index (Phi) is 5.33. The quantitative estimate of drug-likeness (QED) is 0.785. The van der Waals surface area contributed by atoms with Crippen molar-refractivity contribution in [3.63, 3.8) is 0 Å². The number of rotatable bonds is 5. The Morgan fingerprint density at radius 3 is 2.72 bits per heavy atom. The van der Waals surface area contributed by atoms with Gasteiger partial charge in [0.05, 0.1) is 0 Å². The van der Waals surface area contributed by atoms with Gasteiger partial charge >= 0.3 is 6.03 Å². The summed E-state index contributed by atoms with van der Waals surface area (Å²) < 4.78 is 5.70. The summed E-state index contributed by atoms with van der Waals surface area (Å²) in [6.45, 7) is 3.37. The fourth-order valence-electron chi connectivity index (χ4n) is 3.52. The number of benzene rings is 1. The van der Waals surface area contributed by atoms with Crippen molar-refractivity contribution in [3.05, 3.63) is 35.9 Å². The van der Waals surface area contributed by atoms with Crippen LogP contribution in [0.15, 0.2) is 30.3 Å². The van der Waals surface area contributed by atoms with Crippen LogP contribution < -0.4 is 10.6 Å². The third kappa shape index (κ3) is 3.82. The molecule has 2 heterocycles. The molecule has 2 fully saturated rings. The van der Waals surface area contributed by atoms with Crippen molar-refractivity contribution in [2.24, 2.45) is 5.92 Å². The molecule has 2 aliphatic rings. The standard InChI is InChI=1S/C18H23N3O4/c1-2-25-15(12-7-4-3-5-8-12)17(23)21-10-6-9-13(11-21)14-16(22)20-18(24)19-14/h3-5,7-8,13-15H,2,6,9-11H2,1H3,(H2,19,20,22,24)/t13-,14-,15+/m1/s1. The Morgan fingerprint density at radius 1 is 1.32 bits per heavy atom. The number of urea groups is 1. The molecular weight excluding hydrogens is 322 g/mol. The molecule has 25 heavy (non-hydrogen) atoms. The van der Waals surface area contributed by atoms with Gasteiger partial charge in [0.2, 0.25) is 0 Å². The molecule has 0 aromatic heterocycles. The van der Waals surface area contributed by atoms with Crippen LogP contribution in [0, 0.1) is 5.92 Å². The van der Waals surface area contributed by atoms with Gasteiger partial charge in [-0.25, -0.2) is 4.79 Å². The summed E-state index contributed by atoms with van der Waals surface area (Å²) in [7, 11) is 0. The van der Waals surface area contributed by atoms with Gasteiger partial charge < -0.3 is 15.0 Å². The van der Waals surface area contributed by atoms with Gasteiger partial charge in [-0.3, -0.25) is 14.9 Å². The fraction of sp³-hybridized carbons (Fsp3) is 0.500. The van der Waals surface area contributed by atoms with Gasteiger partial charge in [-0.05, 0) is 25.3 Å². The highest BCUT2D eigenvalue weighted by Gasteiger charge is 2.40. The van der Waals surface area contributed by atoms with E-state index in [1.54, 1.807) is 4.90 Å². The topological polar surface area (TPSA) is 87.7 Å². The van der Waals surface area contributed by atoms with Gasteiger partial charge in [-0.2, -0.15) is 0 Å². The average molecular weight is 345 g/mol. The SMILES string of the molecule is CCO[C@H](C(=O)N1CCC[C@@H]([C@H]2NC(=O)NC2=O)C1)c1ccccc1. The number of likely N-dealkylation sites (tertiary alicyclic amines) is 1. The summed E-state index contributed by atoms with van der Waals surface area (Å²) in [6.07, 6.45) is 0.952. The monoisotopic (exact) mass is 345 g/mol. The van der Waals surface area contributed by atoms with E-state index < -0.39 is 18.2 Å². The first kappa shape index (κ1) is 17.4. The summed E-state index contributed by atoms with van der Waals surface area (Å²) in [5, 5.41) is 4.91. The number of nitrogens with one attached hydrogen (secondary N) is 2. The molecule has 2 N–H and O–H groups in total. The van der Waals surface area contributed by atoms with Crippen LogP contribution in [-0.4, -0.2) is 48.5 Å². The van der Waals surface area contributed by atoms with E-state index in [0.29, 0.717) is 19.7 Å². The minimum atomic E-state index is -0.642. The zero-order chi connectivity index (χ0) is 17.8. The van der Waals surface area contributed by atoms with Crippen molar-refractivity contribution >= 4 is 17.8 Å². The van der Waals surface area contributed by atoms with Gasteiger partial charge in [-0.15, -0.1) is 0 Å². The normalized spacial score (nSPS) is 24.6. The number of carbonyl (C=O) groups excluding carboxylic acids is 3. The van der Waals surface area contributed by atoms with Crippen molar-refractivity contribution in [1.82, 2.24) is 15.5 Å². The fourth-order valence-corrected chi connectivity index (χ4v) is 3.52. The lowest BCUT2D eigenvalue weighted by Crippen LogP contribution is -2.49. The first-order valence-corrected chi connectivity index (χ1v) is 8.67. The molecule has 134 valence electrons.